The molecular weight excluding hydrogens is 208 g/mol. The lowest BCUT2D eigenvalue weighted by Gasteiger charge is -2.25. The molecular formula is C11H22N2O3. The Kier molecular flexibility index (Phi) is 6.03. The molecule has 2 amide bonds. The van der Waals surface area contributed by atoms with Crippen LogP contribution >= 0.6 is 0 Å². The SMILES string of the molecule is CCC(OCC(C)(C)C(=O)NC)C(=O)NC. The maximum atomic E-state index is 11.5. The zero-order valence-corrected chi connectivity index (χ0v) is 10.7. The van der Waals surface area contributed by atoms with Gasteiger partial charge in [0.1, 0.15) is 6.10 Å². The molecule has 5 heteroatoms. The molecule has 0 saturated carbocycles. The third kappa shape index (κ3) is 4.18. The fourth-order valence-electron chi connectivity index (χ4n) is 1.25. The number of hydrogen-bond acceptors (Lipinski definition) is 3. The van der Waals surface area contributed by atoms with Crippen molar-refractivity contribution in [3.8, 4) is 0 Å². The summed E-state index contributed by atoms with van der Waals surface area (Å²) in [4.78, 5) is 22.8. The normalized spacial score (nSPS) is 13.1. The summed E-state index contributed by atoms with van der Waals surface area (Å²) < 4.78 is 5.46. The predicted octanol–water partition coefficient (Wildman–Crippen LogP) is 0.300. The molecule has 0 aliphatic heterocycles. The van der Waals surface area contributed by atoms with E-state index in [0.717, 1.165) is 0 Å². The monoisotopic (exact) mass is 230 g/mol. The van der Waals surface area contributed by atoms with Gasteiger partial charge in [-0.25, -0.2) is 0 Å². The molecule has 0 aliphatic carbocycles. The van der Waals surface area contributed by atoms with E-state index in [1.807, 2.05) is 6.92 Å². The lowest BCUT2D eigenvalue weighted by molar-refractivity contribution is -0.141. The molecule has 0 spiro atoms. The number of nitrogens with one attached hydrogen (secondary N) is 2. The van der Waals surface area contributed by atoms with Crippen LogP contribution in [0.15, 0.2) is 0 Å². The number of carbonyl (C=O) groups excluding carboxylic acids is 2. The third-order valence-corrected chi connectivity index (χ3v) is 2.40. The highest BCUT2D eigenvalue weighted by Crippen LogP contribution is 2.17. The van der Waals surface area contributed by atoms with Gasteiger partial charge in [-0.2, -0.15) is 0 Å². The average Bonchev–Trinajstić information content (AvgIpc) is 2.27. The van der Waals surface area contributed by atoms with E-state index in [1.54, 1.807) is 27.9 Å². The summed E-state index contributed by atoms with van der Waals surface area (Å²) in [6.45, 7) is 5.65. The van der Waals surface area contributed by atoms with Crippen LogP contribution in [0.5, 0.6) is 0 Å². The summed E-state index contributed by atoms with van der Waals surface area (Å²) >= 11 is 0. The molecule has 94 valence electrons. The summed E-state index contributed by atoms with van der Waals surface area (Å²) in [5.74, 6) is -0.255. The molecule has 16 heavy (non-hydrogen) atoms. The minimum Gasteiger partial charge on any atom is -0.367 e. The standard InChI is InChI=1S/C11H22N2O3/c1-6-8(9(14)12-4)16-7-11(2,3)10(15)13-5/h8H,6-7H2,1-5H3,(H,12,14)(H,13,15). The molecule has 5 nitrogen and oxygen atoms in total. The minimum atomic E-state index is -0.629. The number of amides is 2. The van der Waals surface area contributed by atoms with E-state index < -0.39 is 11.5 Å². The van der Waals surface area contributed by atoms with Gasteiger partial charge in [-0.05, 0) is 20.3 Å². The minimum absolute atomic E-state index is 0.0979. The molecule has 0 bridgehead atoms. The largest absolute Gasteiger partial charge is 0.367 e. The molecule has 0 aromatic carbocycles. The van der Waals surface area contributed by atoms with Crippen LogP contribution in [0.2, 0.25) is 0 Å². The molecule has 1 atom stereocenters. The van der Waals surface area contributed by atoms with Gasteiger partial charge >= 0.3 is 0 Å². The summed E-state index contributed by atoms with van der Waals surface area (Å²) in [6.07, 6.45) is 0.0951. The Balaban J connectivity index is 4.30. The van der Waals surface area contributed by atoms with E-state index in [9.17, 15) is 9.59 Å². The van der Waals surface area contributed by atoms with E-state index in [-0.39, 0.29) is 18.4 Å². The molecule has 0 aromatic rings. The van der Waals surface area contributed by atoms with Gasteiger partial charge in [0, 0.05) is 14.1 Å². The second-order valence-corrected chi connectivity index (χ2v) is 4.29. The molecule has 0 aromatic heterocycles. The molecule has 0 aliphatic rings. The average molecular weight is 230 g/mol. The van der Waals surface area contributed by atoms with Crippen molar-refractivity contribution < 1.29 is 14.3 Å². The second kappa shape index (κ2) is 6.48. The topological polar surface area (TPSA) is 67.4 Å². The van der Waals surface area contributed by atoms with Crippen molar-refractivity contribution in [2.45, 2.75) is 33.3 Å². The lowest BCUT2D eigenvalue weighted by atomic mass is 9.93. The molecule has 0 saturated heterocycles. The first kappa shape index (κ1) is 14.9. The molecule has 0 rings (SSSR count). The smallest absolute Gasteiger partial charge is 0.248 e. The van der Waals surface area contributed by atoms with Gasteiger partial charge in [0.05, 0.1) is 12.0 Å². The van der Waals surface area contributed by atoms with Gasteiger partial charge < -0.3 is 15.4 Å². The van der Waals surface area contributed by atoms with Crippen LogP contribution in [0, 0.1) is 5.41 Å². The highest BCUT2D eigenvalue weighted by atomic mass is 16.5. The van der Waals surface area contributed by atoms with Crippen LogP contribution in [0.4, 0.5) is 0 Å². The van der Waals surface area contributed by atoms with Gasteiger partial charge in [-0.1, -0.05) is 6.92 Å². The fraction of sp³-hybridized carbons (Fsp3) is 0.818. The first-order chi connectivity index (χ1) is 7.38. The maximum absolute atomic E-state index is 11.5. The number of carbonyl (C=O) groups is 2. The Morgan fingerprint density at radius 2 is 1.81 bits per heavy atom. The van der Waals surface area contributed by atoms with Crippen LogP contribution < -0.4 is 10.6 Å². The molecule has 2 N–H and O–H groups in total. The highest BCUT2D eigenvalue weighted by Gasteiger charge is 2.29. The van der Waals surface area contributed by atoms with Crippen LogP contribution in [0.3, 0.4) is 0 Å². The first-order valence-corrected chi connectivity index (χ1v) is 5.44. The van der Waals surface area contributed by atoms with Gasteiger partial charge in [0.25, 0.3) is 0 Å². The molecule has 0 radical (unpaired) electrons. The van der Waals surface area contributed by atoms with Crippen LogP contribution in [0.1, 0.15) is 27.2 Å². The van der Waals surface area contributed by atoms with Gasteiger partial charge in [0.2, 0.25) is 11.8 Å². The number of hydrogen-bond donors (Lipinski definition) is 2. The van der Waals surface area contributed by atoms with Crippen molar-refractivity contribution in [3.05, 3.63) is 0 Å². The van der Waals surface area contributed by atoms with Gasteiger partial charge in [-0.3, -0.25) is 9.59 Å². The zero-order valence-electron chi connectivity index (χ0n) is 10.7. The Bertz CT molecular complexity index is 252. The summed E-state index contributed by atoms with van der Waals surface area (Å²) in [5.41, 5.74) is -0.629. The van der Waals surface area contributed by atoms with Crippen LogP contribution in [-0.4, -0.2) is 38.6 Å². The summed E-state index contributed by atoms with van der Waals surface area (Å²) in [5, 5.41) is 5.10. The summed E-state index contributed by atoms with van der Waals surface area (Å²) in [6, 6.07) is 0. The second-order valence-electron chi connectivity index (χ2n) is 4.29. The fourth-order valence-corrected chi connectivity index (χ4v) is 1.25. The zero-order chi connectivity index (χ0) is 12.8. The van der Waals surface area contributed by atoms with E-state index in [0.29, 0.717) is 6.42 Å². The number of likely N-dealkylation sites (N-methyl/N-ethyl adjacent to an activating group) is 1. The van der Waals surface area contributed by atoms with Crippen molar-refractivity contribution >= 4 is 11.8 Å². The van der Waals surface area contributed by atoms with Crippen LogP contribution in [0.25, 0.3) is 0 Å². The maximum Gasteiger partial charge on any atom is 0.248 e. The van der Waals surface area contributed by atoms with E-state index >= 15 is 0 Å². The molecule has 0 heterocycles. The van der Waals surface area contributed by atoms with Gasteiger partial charge in [-0.15, -0.1) is 0 Å². The molecule has 0 fully saturated rings. The van der Waals surface area contributed by atoms with Crippen molar-refractivity contribution in [1.82, 2.24) is 10.6 Å². The first-order valence-electron chi connectivity index (χ1n) is 5.44. The van der Waals surface area contributed by atoms with Crippen LogP contribution in [-0.2, 0) is 14.3 Å². The Morgan fingerprint density at radius 3 is 2.19 bits per heavy atom. The van der Waals surface area contributed by atoms with Gasteiger partial charge in [0.15, 0.2) is 0 Å². The van der Waals surface area contributed by atoms with E-state index in [4.69, 9.17) is 4.74 Å². The van der Waals surface area contributed by atoms with Crippen molar-refractivity contribution in [3.63, 3.8) is 0 Å². The third-order valence-electron chi connectivity index (χ3n) is 2.40. The Hall–Kier alpha value is -1.10. The highest BCUT2D eigenvalue weighted by molar-refractivity contribution is 5.82. The van der Waals surface area contributed by atoms with Crippen molar-refractivity contribution in [2.24, 2.45) is 5.41 Å². The quantitative estimate of drug-likeness (QED) is 0.689. The number of rotatable bonds is 6. The lowest BCUT2D eigenvalue weighted by Crippen LogP contribution is -2.41. The Morgan fingerprint density at radius 1 is 1.25 bits per heavy atom. The Labute approximate surface area is 96.9 Å². The predicted molar refractivity (Wildman–Crippen MR) is 61.9 cm³/mol. The van der Waals surface area contributed by atoms with E-state index in [2.05, 4.69) is 10.6 Å². The summed E-state index contributed by atoms with van der Waals surface area (Å²) in [7, 11) is 3.15. The van der Waals surface area contributed by atoms with E-state index in [1.165, 1.54) is 0 Å². The van der Waals surface area contributed by atoms with Crippen molar-refractivity contribution in [1.29, 1.82) is 0 Å². The van der Waals surface area contributed by atoms with Crippen molar-refractivity contribution in [2.75, 3.05) is 20.7 Å². The number of ether oxygens (including phenoxy) is 1. The molecule has 1 unspecified atom stereocenters.